The standard InChI is InChI=1S/C11H2F22O2/c12-1(13,2(14,15)4(18,19)6(22,23)8(26,27)10(30,31)34)3(16,17)5(20,21)7(24,25)9(28,29)11(32,33)35/h34-35H. The summed E-state index contributed by atoms with van der Waals surface area (Å²) in [6.45, 7) is 0. The van der Waals surface area contributed by atoms with E-state index in [9.17, 15) is 96.6 Å². The predicted octanol–water partition coefficient (Wildman–Crippen LogP) is 5.87. The van der Waals surface area contributed by atoms with Crippen molar-refractivity contribution < 1.29 is 107 Å². The zero-order valence-corrected chi connectivity index (χ0v) is 14.7. The van der Waals surface area contributed by atoms with Crippen LogP contribution in [0.2, 0.25) is 0 Å². The van der Waals surface area contributed by atoms with Gasteiger partial charge in [0.2, 0.25) is 0 Å². The third kappa shape index (κ3) is 3.83. The molecule has 35 heavy (non-hydrogen) atoms. The molecule has 0 aliphatic heterocycles. The van der Waals surface area contributed by atoms with E-state index in [1.807, 2.05) is 0 Å². The summed E-state index contributed by atoms with van der Waals surface area (Å²) in [4.78, 5) is 0. The van der Waals surface area contributed by atoms with Gasteiger partial charge in [-0.2, -0.15) is 96.6 Å². The van der Waals surface area contributed by atoms with Crippen molar-refractivity contribution in [1.82, 2.24) is 0 Å². The van der Waals surface area contributed by atoms with Crippen molar-refractivity contribution in [3.05, 3.63) is 0 Å². The van der Waals surface area contributed by atoms with Crippen LogP contribution in [-0.4, -0.2) is 75.7 Å². The van der Waals surface area contributed by atoms with Crippen LogP contribution in [0.25, 0.3) is 0 Å². The van der Waals surface area contributed by atoms with E-state index in [0.29, 0.717) is 0 Å². The van der Waals surface area contributed by atoms with Gasteiger partial charge in [0, 0.05) is 0 Å². The molecule has 0 spiro atoms. The highest BCUT2D eigenvalue weighted by Gasteiger charge is 2.98. The number of halogens is 22. The molecule has 0 atom stereocenters. The Kier molecular flexibility index (Phi) is 7.34. The van der Waals surface area contributed by atoms with Crippen LogP contribution in [-0.2, 0) is 0 Å². The largest absolute Gasteiger partial charge is 0.423 e. The summed E-state index contributed by atoms with van der Waals surface area (Å²) in [6.07, 6.45) is -15.2. The lowest BCUT2D eigenvalue weighted by atomic mass is 9.86. The molecule has 0 fully saturated rings. The van der Waals surface area contributed by atoms with E-state index in [0.717, 1.165) is 0 Å². The van der Waals surface area contributed by atoms with Gasteiger partial charge in [-0.1, -0.05) is 0 Å². The van der Waals surface area contributed by atoms with Crippen molar-refractivity contribution in [2.24, 2.45) is 0 Å². The van der Waals surface area contributed by atoms with Crippen LogP contribution in [0.15, 0.2) is 0 Å². The number of hydrogen-bond donors (Lipinski definition) is 2. The maximum atomic E-state index is 13.3. The van der Waals surface area contributed by atoms with Crippen molar-refractivity contribution in [2.45, 2.75) is 65.5 Å². The highest BCUT2D eigenvalue weighted by molar-refractivity contribution is 5.18. The Hall–Kier alpha value is -1.62. The van der Waals surface area contributed by atoms with Crippen LogP contribution in [0.1, 0.15) is 0 Å². The molecule has 0 aliphatic rings. The quantitative estimate of drug-likeness (QED) is 0.316. The monoisotopic (exact) mass is 584 g/mol. The fourth-order valence-corrected chi connectivity index (χ4v) is 1.76. The maximum absolute atomic E-state index is 13.3. The summed E-state index contributed by atoms with van der Waals surface area (Å²) in [5.41, 5.74) is 0. The van der Waals surface area contributed by atoms with Crippen molar-refractivity contribution in [3.8, 4) is 0 Å². The molecule has 0 saturated heterocycles. The Morgan fingerprint density at radius 2 is 0.286 bits per heavy atom. The van der Waals surface area contributed by atoms with E-state index in [4.69, 9.17) is 10.2 Å². The SMILES string of the molecule is OC(F)(F)C(F)(F)C(F)(F)C(F)(F)C(F)(F)C(F)(F)C(F)(F)C(F)(F)C(F)(F)C(F)(F)C(O)(F)F. The molecule has 2 nitrogen and oxygen atoms in total. The minimum atomic E-state index is -9.39. The molecule has 212 valence electrons. The van der Waals surface area contributed by atoms with Crippen LogP contribution in [0.4, 0.5) is 96.6 Å². The fourth-order valence-electron chi connectivity index (χ4n) is 1.76. The van der Waals surface area contributed by atoms with Crippen LogP contribution in [0, 0.1) is 0 Å². The van der Waals surface area contributed by atoms with Gasteiger partial charge in [-0.05, 0) is 0 Å². The Balaban J connectivity index is 7.15. The van der Waals surface area contributed by atoms with Gasteiger partial charge >= 0.3 is 65.5 Å². The second-order valence-corrected chi connectivity index (χ2v) is 6.25. The molecule has 0 aromatic heterocycles. The molecule has 0 amide bonds. The van der Waals surface area contributed by atoms with E-state index in [1.165, 1.54) is 0 Å². The van der Waals surface area contributed by atoms with Crippen molar-refractivity contribution >= 4 is 0 Å². The van der Waals surface area contributed by atoms with Gasteiger partial charge in [-0.15, -0.1) is 0 Å². The van der Waals surface area contributed by atoms with E-state index in [2.05, 4.69) is 0 Å². The molecular formula is C11H2F22O2. The normalized spacial score (nSPS) is 17.1. The molecule has 0 aliphatic carbocycles. The lowest BCUT2D eigenvalue weighted by molar-refractivity contribution is -0.488. The van der Waals surface area contributed by atoms with Crippen molar-refractivity contribution in [3.63, 3.8) is 0 Å². The lowest BCUT2D eigenvalue weighted by Gasteiger charge is -2.44. The van der Waals surface area contributed by atoms with Crippen molar-refractivity contribution in [2.75, 3.05) is 0 Å². The predicted molar refractivity (Wildman–Crippen MR) is 58.9 cm³/mol. The first kappa shape index (κ1) is 33.4. The van der Waals surface area contributed by atoms with E-state index < -0.39 is 65.5 Å². The summed E-state index contributed by atoms with van der Waals surface area (Å²) in [5, 5.41) is 14.8. The lowest BCUT2D eigenvalue weighted by Crippen LogP contribution is -2.77. The van der Waals surface area contributed by atoms with Gasteiger partial charge in [-0.25, -0.2) is 0 Å². The second-order valence-electron chi connectivity index (χ2n) is 6.25. The fraction of sp³-hybridized carbons (Fsp3) is 1.00. The third-order valence-electron chi connectivity index (χ3n) is 3.91. The highest BCUT2D eigenvalue weighted by atomic mass is 19.4. The minimum absolute atomic E-state index is 7.40. The van der Waals surface area contributed by atoms with Gasteiger partial charge in [-0.3, -0.25) is 0 Å². The van der Waals surface area contributed by atoms with Gasteiger partial charge in [0.1, 0.15) is 0 Å². The smallest absolute Gasteiger partial charge is 0.331 e. The molecule has 0 aromatic carbocycles. The topological polar surface area (TPSA) is 40.5 Å². The number of hydrogen-bond acceptors (Lipinski definition) is 2. The summed E-state index contributed by atoms with van der Waals surface area (Å²) >= 11 is 0. The maximum Gasteiger partial charge on any atom is 0.423 e. The molecule has 0 saturated carbocycles. The van der Waals surface area contributed by atoms with Gasteiger partial charge in [0.05, 0.1) is 0 Å². The average molecular weight is 584 g/mol. The first-order valence-electron chi connectivity index (χ1n) is 7.10. The molecule has 0 bridgehead atoms. The Morgan fingerprint density at radius 1 is 0.200 bits per heavy atom. The zero-order valence-electron chi connectivity index (χ0n) is 14.7. The summed E-state index contributed by atoms with van der Waals surface area (Å²) in [5.74, 6) is -80.8. The van der Waals surface area contributed by atoms with Crippen LogP contribution >= 0.6 is 0 Å². The number of rotatable bonds is 10. The van der Waals surface area contributed by atoms with Crippen molar-refractivity contribution in [1.29, 1.82) is 0 Å². The second kappa shape index (κ2) is 7.69. The van der Waals surface area contributed by atoms with E-state index in [-0.39, 0.29) is 0 Å². The zero-order chi connectivity index (χ0) is 29.5. The summed E-state index contributed by atoms with van der Waals surface area (Å²) < 4.78 is 283. The summed E-state index contributed by atoms with van der Waals surface area (Å²) in [7, 11) is 0. The molecule has 0 rings (SSSR count). The molecule has 24 heteroatoms. The van der Waals surface area contributed by atoms with Gasteiger partial charge < -0.3 is 10.2 Å². The van der Waals surface area contributed by atoms with Crippen LogP contribution in [0.5, 0.6) is 0 Å². The Bertz CT molecular complexity index is 720. The first-order valence-corrected chi connectivity index (χ1v) is 7.10. The minimum Gasteiger partial charge on any atom is -0.331 e. The van der Waals surface area contributed by atoms with E-state index >= 15 is 0 Å². The molecular weight excluding hydrogens is 582 g/mol. The van der Waals surface area contributed by atoms with Gasteiger partial charge in [0.25, 0.3) is 0 Å². The van der Waals surface area contributed by atoms with Crippen LogP contribution in [0.3, 0.4) is 0 Å². The Labute approximate surface area is 174 Å². The number of aliphatic hydroxyl groups is 2. The molecule has 0 radical (unpaired) electrons. The van der Waals surface area contributed by atoms with Crippen LogP contribution < -0.4 is 0 Å². The number of alkyl halides is 22. The summed E-state index contributed by atoms with van der Waals surface area (Å²) in [6, 6.07) is 0. The average Bonchev–Trinajstić information content (AvgIpc) is 2.58. The molecule has 0 heterocycles. The highest BCUT2D eigenvalue weighted by Crippen LogP contribution is 2.66. The molecule has 0 aromatic rings. The molecule has 2 N–H and O–H groups in total. The molecule has 0 unspecified atom stereocenters. The first-order chi connectivity index (χ1) is 14.5. The van der Waals surface area contributed by atoms with Gasteiger partial charge in [0.15, 0.2) is 0 Å². The Morgan fingerprint density at radius 3 is 0.371 bits per heavy atom. The third-order valence-corrected chi connectivity index (χ3v) is 3.91. The van der Waals surface area contributed by atoms with E-state index in [1.54, 1.807) is 0 Å².